The summed E-state index contributed by atoms with van der Waals surface area (Å²) in [4.78, 5) is 32.7. The van der Waals surface area contributed by atoms with Gasteiger partial charge in [-0.05, 0) is 7.05 Å². The van der Waals surface area contributed by atoms with Gasteiger partial charge in [0, 0.05) is 71.0 Å². The number of nitrogens with one attached hydrogen (secondary N) is 2. The predicted octanol–water partition coefficient (Wildman–Crippen LogP) is 0.778. The molecule has 2 N–H and O–H groups in total. The summed E-state index contributed by atoms with van der Waals surface area (Å²) in [6.45, 7) is 10.6. The van der Waals surface area contributed by atoms with Crippen molar-refractivity contribution in [3.8, 4) is 11.4 Å². The van der Waals surface area contributed by atoms with Crippen molar-refractivity contribution in [1.82, 2.24) is 34.2 Å². The van der Waals surface area contributed by atoms with Crippen molar-refractivity contribution >= 4 is 17.0 Å². The van der Waals surface area contributed by atoms with Gasteiger partial charge in [-0.3, -0.25) is 14.4 Å². The number of fused-ring (bicyclic) bond motifs is 1. The normalized spacial score (nSPS) is 18.5. The maximum atomic E-state index is 12.9. The molecule has 0 unspecified atom stereocenters. The molecule has 182 valence electrons. The fourth-order valence-electron chi connectivity index (χ4n) is 4.55. The quantitative estimate of drug-likeness (QED) is 0.503. The second-order valence-electron chi connectivity index (χ2n) is 9.07. The lowest BCUT2D eigenvalue weighted by Crippen LogP contribution is -2.45. The summed E-state index contributed by atoms with van der Waals surface area (Å²) in [5.74, 6) is 1.30. The molecule has 0 aliphatic carbocycles. The molecular weight excluding hydrogens is 432 g/mol. The third-order valence-electron chi connectivity index (χ3n) is 6.71. The monoisotopic (exact) mass is 466 g/mol. The van der Waals surface area contributed by atoms with Crippen molar-refractivity contribution in [2.24, 2.45) is 0 Å². The van der Waals surface area contributed by atoms with E-state index in [1.54, 1.807) is 4.57 Å². The van der Waals surface area contributed by atoms with E-state index < -0.39 is 0 Å². The van der Waals surface area contributed by atoms with Crippen LogP contribution < -0.4 is 11.0 Å². The molecule has 4 heterocycles. The first-order valence-corrected chi connectivity index (χ1v) is 12.2. The zero-order valence-corrected chi connectivity index (χ0v) is 19.9. The van der Waals surface area contributed by atoms with Gasteiger partial charge in [-0.2, -0.15) is 0 Å². The van der Waals surface area contributed by atoms with Crippen LogP contribution in [-0.2, 0) is 11.3 Å². The first-order valence-electron chi connectivity index (χ1n) is 12.2. The first-order chi connectivity index (χ1) is 16.7. The summed E-state index contributed by atoms with van der Waals surface area (Å²) in [5.41, 5.74) is 2.10. The molecule has 10 heteroatoms. The fraction of sp³-hybridized carbons (Fsp3) is 0.542. The largest absolute Gasteiger partial charge is 0.379 e. The maximum absolute atomic E-state index is 12.9. The molecule has 0 bridgehead atoms. The van der Waals surface area contributed by atoms with E-state index in [9.17, 15) is 4.79 Å². The summed E-state index contributed by atoms with van der Waals surface area (Å²) in [6.07, 6.45) is 0. The molecule has 0 amide bonds. The van der Waals surface area contributed by atoms with Gasteiger partial charge in [0.25, 0.3) is 0 Å². The number of ether oxygens (including phenoxy) is 1. The van der Waals surface area contributed by atoms with Crippen LogP contribution in [0.25, 0.3) is 22.6 Å². The molecule has 0 spiro atoms. The molecule has 2 saturated heterocycles. The minimum absolute atomic E-state index is 0.148. The first kappa shape index (κ1) is 23.0. The lowest BCUT2D eigenvalue weighted by molar-refractivity contribution is 0.0364. The Morgan fingerprint density at radius 1 is 0.941 bits per heavy atom. The van der Waals surface area contributed by atoms with Gasteiger partial charge in [0.1, 0.15) is 5.52 Å². The van der Waals surface area contributed by atoms with Crippen LogP contribution in [0.5, 0.6) is 0 Å². The van der Waals surface area contributed by atoms with Crippen molar-refractivity contribution < 1.29 is 4.74 Å². The van der Waals surface area contributed by atoms with E-state index in [4.69, 9.17) is 14.7 Å². The summed E-state index contributed by atoms with van der Waals surface area (Å²) in [6, 6.07) is 9.93. The van der Waals surface area contributed by atoms with Gasteiger partial charge in [-0.15, -0.1) is 0 Å². The summed E-state index contributed by atoms with van der Waals surface area (Å²) in [5, 5.41) is 3.49. The van der Waals surface area contributed by atoms with Crippen LogP contribution in [-0.4, -0.2) is 113 Å². The summed E-state index contributed by atoms with van der Waals surface area (Å²) < 4.78 is 7.19. The molecule has 2 fully saturated rings. The number of imidazole rings is 1. The fourth-order valence-corrected chi connectivity index (χ4v) is 4.55. The van der Waals surface area contributed by atoms with E-state index in [1.807, 2.05) is 30.3 Å². The zero-order valence-electron chi connectivity index (χ0n) is 19.9. The van der Waals surface area contributed by atoms with Gasteiger partial charge in [-0.1, -0.05) is 30.3 Å². The molecule has 0 atom stereocenters. The van der Waals surface area contributed by atoms with E-state index in [1.165, 1.54) is 0 Å². The third-order valence-corrected chi connectivity index (χ3v) is 6.71. The number of hydrogen-bond acceptors (Lipinski definition) is 8. The van der Waals surface area contributed by atoms with Crippen LogP contribution in [0.15, 0.2) is 35.1 Å². The number of aromatic nitrogens is 4. The van der Waals surface area contributed by atoms with Crippen molar-refractivity contribution in [3.63, 3.8) is 0 Å². The number of anilines is 1. The third kappa shape index (κ3) is 5.30. The Morgan fingerprint density at radius 2 is 1.68 bits per heavy atom. The zero-order chi connectivity index (χ0) is 23.3. The van der Waals surface area contributed by atoms with Crippen LogP contribution >= 0.6 is 0 Å². The maximum Gasteiger partial charge on any atom is 0.327 e. The highest BCUT2D eigenvalue weighted by atomic mass is 16.5. The molecule has 10 nitrogen and oxygen atoms in total. The minimum Gasteiger partial charge on any atom is -0.379 e. The Bertz CT molecular complexity index is 1130. The SMILES string of the molecule is CN1CCN(CCNc2nc(-c3ccccc3)nc3c2[nH]c(=O)n3CCN2CCOCC2)CC1. The highest BCUT2D eigenvalue weighted by molar-refractivity contribution is 5.85. The molecule has 34 heavy (non-hydrogen) atoms. The van der Waals surface area contributed by atoms with Crippen molar-refractivity contribution in [2.45, 2.75) is 6.54 Å². The van der Waals surface area contributed by atoms with E-state index in [2.05, 4.69) is 32.0 Å². The second kappa shape index (κ2) is 10.6. The minimum atomic E-state index is -0.148. The Balaban J connectivity index is 1.39. The van der Waals surface area contributed by atoms with E-state index >= 15 is 0 Å². The number of aromatic amines is 1. The van der Waals surface area contributed by atoms with Gasteiger partial charge in [0.05, 0.1) is 13.2 Å². The van der Waals surface area contributed by atoms with E-state index in [0.29, 0.717) is 29.4 Å². The average Bonchev–Trinajstić information content (AvgIpc) is 3.20. The van der Waals surface area contributed by atoms with Gasteiger partial charge in [0.2, 0.25) is 0 Å². The number of nitrogens with zero attached hydrogens (tertiary/aromatic N) is 6. The second-order valence-corrected chi connectivity index (χ2v) is 9.07. The number of likely N-dealkylation sites (N-methyl/N-ethyl adjacent to an activating group) is 1. The predicted molar refractivity (Wildman–Crippen MR) is 133 cm³/mol. The molecule has 5 rings (SSSR count). The van der Waals surface area contributed by atoms with Crippen molar-refractivity contribution in [2.75, 3.05) is 84.5 Å². The standard InChI is InChI=1S/C24H34N8O2/c1-29-9-11-30(12-10-29)8-7-25-22-20-23(28-21(27-22)19-5-3-2-4-6-19)32(24(33)26-20)14-13-31-15-17-34-18-16-31/h2-6H,7-18H2,1H3,(H,26,33)(H,25,27,28). The van der Waals surface area contributed by atoms with Crippen LogP contribution in [0.3, 0.4) is 0 Å². The Labute approximate surface area is 199 Å². The number of benzene rings is 1. The van der Waals surface area contributed by atoms with Crippen LogP contribution in [0.1, 0.15) is 0 Å². The molecule has 2 aromatic heterocycles. The van der Waals surface area contributed by atoms with Crippen molar-refractivity contribution in [3.05, 3.63) is 40.8 Å². The number of H-pyrrole nitrogens is 1. The van der Waals surface area contributed by atoms with Gasteiger partial charge < -0.3 is 19.9 Å². The smallest absolute Gasteiger partial charge is 0.327 e. The van der Waals surface area contributed by atoms with E-state index in [-0.39, 0.29) is 5.69 Å². The van der Waals surface area contributed by atoms with E-state index in [0.717, 1.165) is 77.7 Å². The Morgan fingerprint density at radius 3 is 2.44 bits per heavy atom. The topological polar surface area (TPSA) is 94.6 Å². The summed E-state index contributed by atoms with van der Waals surface area (Å²) >= 11 is 0. The lowest BCUT2D eigenvalue weighted by Gasteiger charge is -2.32. The molecule has 1 aromatic carbocycles. The van der Waals surface area contributed by atoms with Crippen LogP contribution in [0.4, 0.5) is 5.82 Å². The lowest BCUT2D eigenvalue weighted by atomic mass is 10.2. The highest BCUT2D eigenvalue weighted by Gasteiger charge is 2.19. The molecular formula is C24H34N8O2. The molecule has 0 radical (unpaired) electrons. The molecule has 3 aromatic rings. The molecule has 2 aliphatic rings. The molecule has 0 saturated carbocycles. The van der Waals surface area contributed by atoms with Gasteiger partial charge in [0.15, 0.2) is 17.3 Å². The average molecular weight is 467 g/mol. The van der Waals surface area contributed by atoms with Crippen LogP contribution in [0.2, 0.25) is 0 Å². The van der Waals surface area contributed by atoms with Crippen LogP contribution in [0, 0.1) is 0 Å². The van der Waals surface area contributed by atoms with Crippen molar-refractivity contribution in [1.29, 1.82) is 0 Å². The van der Waals surface area contributed by atoms with Gasteiger partial charge >= 0.3 is 5.69 Å². The summed E-state index contributed by atoms with van der Waals surface area (Å²) in [7, 11) is 2.17. The van der Waals surface area contributed by atoms with Gasteiger partial charge in [-0.25, -0.2) is 14.8 Å². The number of hydrogen-bond donors (Lipinski definition) is 2. The number of piperazine rings is 1. The Kier molecular flexibility index (Phi) is 7.19. The highest BCUT2D eigenvalue weighted by Crippen LogP contribution is 2.23. The Hall–Kier alpha value is -2.79. The number of rotatable bonds is 8. The molecule has 2 aliphatic heterocycles. The number of morpholine rings is 1.